The summed E-state index contributed by atoms with van der Waals surface area (Å²) in [5.74, 6) is 0. The lowest BCUT2D eigenvalue weighted by molar-refractivity contribution is -0.217. The number of nitrogens with one attached hydrogen (secondary N) is 1. The van der Waals surface area contributed by atoms with Crippen LogP contribution in [0.1, 0.15) is 105 Å². The quantitative estimate of drug-likeness (QED) is 0.145. The standard InChI is InChI=1S/C24H51NO6/c1-5-13-21(30-23(15-7-3)28-19-11-9-17-26)25-22(14-6-2)31-24(16-8-4)29-20-12-10-18-27/h21-27H,5-20H2,1-4H3. The van der Waals surface area contributed by atoms with E-state index >= 15 is 0 Å². The molecule has 3 N–H and O–H groups in total. The van der Waals surface area contributed by atoms with Crippen molar-refractivity contribution in [1.29, 1.82) is 0 Å². The molecule has 7 heteroatoms. The summed E-state index contributed by atoms with van der Waals surface area (Å²) in [5, 5.41) is 21.5. The first-order chi connectivity index (χ1) is 15.1. The van der Waals surface area contributed by atoms with Gasteiger partial charge in [0.15, 0.2) is 12.6 Å². The van der Waals surface area contributed by atoms with Gasteiger partial charge in [0, 0.05) is 26.4 Å². The zero-order valence-electron chi connectivity index (χ0n) is 20.7. The van der Waals surface area contributed by atoms with E-state index in [9.17, 15) is 0 Å². The monoisotopic (exact) mass is 449 g/mol. The molecule has 4 atom stereocenters. The third kappa shape index (κ3) is 17.9. The van der Waals surface area contributed by atoms with E-state index in [0.717, 1.165) is 77.0 Å². The van der Waals surface area contributed by atoms with Gasteiger partial charge < -0.3 is 29.2 Å². The van der Waals surface area contributed by atoms with Crippen molar-refractivity contribution in [1.82, 2.24) is 5.32 Å². The van der Waals surface area contributed by atoms with E-state index in [1.807, 2.05) is 0 Å². The molecule has 188 valence electrons. The maximum absolute atomic E-state index is 8.96. The lowest BCUT2D eigenvalue weighted by Gasteiger charge is -2.31. The number of hydrogen-bond acceptors (Lipinski definition) is 7. The lowest BCUT2D eigenvalue weighted by Crippen LogP contribution is -2.45. The van der Waals surface area contributed by atoms with E-state index < -0.39 is 0 Å². The Bertz CT molecular complexity index is 329. The highest BCUT2D eigenvalue weighted by Gasteiger charge is 2.22. The molecule has 0 aromatic carbocycles. The molecular weight excluding hydrogens is 398 g/mol. The second-order valence-corrected chi connectivity index (χ2v) is 8.03. The largest absolute Gasteiger partial charge is 0.396 e. The second-order valence-electron chi connectivity index (χ2n) is 8.03. The lowest BCUT2D eigenvalue weighted by atomic mass is 10.2. The van der Waals surface area contributed by atoms with Gasteiger partial charge in [-0.2, -0.15) is 0 Å². The first-order valence-corrected chi connectivity index (χ1v) is 12.7. The smallest absolute Gasteiger partial charge is 0.159 e. The first kappa shape index (κ1) is 30.7. The van der Waals surface area contributed by atoms with Gasteiger partial charge in [-0.15, -0.1) is 0 Å². The van der Waals surface area contributed by atoms with E-state index in [0.29, 0.717) is 13.2 Å². The summed E-state index contributed by atoms with van der Waals surface area (Å²) < 4.78 is 24.5. The predicted octanol–water partition coefficient (Wildman–Crippen LogP) is 4.69. The van der Waals surface area contributed by atoms with Gasteiger partial charge in [0.1, 0.15) is 12.5 Å². The van der Waals surface area contributed by atoms with E-state index in [2.05, 4.69) is 33.0 Å². The molecule has 31 heavy (non-hydrogen) atoms. The maximum Gasteiger partial charge on any atom is 0.159 e. The molecule has 0 aromatic rings. The summed E-state index contributed by atoms with van der Waals surface area (Å²) in [6.45, 7) is 10.1. The Hall–Kier alpha value is -0.280. The van der Waals surface area contributed by atoms with E-state index in [4.69, 9.17) is 29.2 Å². The van der Waals surface area contributed by atoms with Crippen LogP contribution in [0.25, 0.3) is 0 Å². The SMILES string of the molecule is CCCC(NC(CCC)OC(CCC)OCCCCO)OC(CCC)OCCCCO. The average Bonchev–Trinajstić information content (AvgIpc) is 2.74. The van der Waals surface area contributed by atoms with Crippen molar-refractivity contribution in [2.75, 3.05) is 26.4 Å². The Labute approximate surface area is 191 Å². The van der Waals surface area contributed by atoms with Gasteiger partial charge in [0.05, 0.1) is 0 Å². The third-order valence-corrected chi connectivity index (χ3v) is 4.87. The third-order valence-electron chi connectivity index (χ3n) is 4.87. The highest BCUT2D eigenvalue weighted by atomic mass is 16.7. The van der Waals surface area contributed by atoms with E-state index in [-0.39, 0.29) is 38.2 Å². The van der Waals surface area contributed by atoms with Gasteiger partial charge in [-0.05, 0) is 51.4 Å². The molecule has 0 bridgehead atoms. The van der Waals surface area contributed by atoms with Crippen LogP contribution < -0.4 is 5.32 Å². The molecule has 0 spiro atoms. The Morgan fingerprint density at radius 1 is 0.581 bits per heavy atom. The van der Waals surface area contributed by atoms with Gasteiger partial charge in [-0.1, -0.05) is 53.4 Å². The van der Waals surface area contributed by atoms with Crippen LogP contribution in [0.2, 0.25) is 0 Å². The predicted molar refractivity (Wildman–Crippen MR) is 125 cm³/mol. The average molecular weight is 450 g/mol. The van der Waals surface area contributed by atoms with Crippen LogP contribution in [-0.4, -0.2) is 61.7 Å². The fourth-order valence-electron chi connectivity index (χ4n) is 3.19. The van der Waals surface area contributed by atoms with Gasteiger partial charge in [-0.3, -0.25) is 5.32 Å². The van der Waals surface area contributed by atoms with Crippen molar-refractivity contribution in [2.24, 2.45) is 0 Å². The Morgan fingerprint density at radius 3 is 1.29 bits per heavy atom. The van der Waals surface area contributed by atoms with Crippen molar-refractivity contribution < 1.29 is 29.2 Å². The highest BCUT2D eigenvalue weighted by Crippen LogP contribution is 2.15. The van der Waals surface area contributed by atoms with Crippen molar-refractivity contribution in [3.8, 4) is 0 Å². The number of aliphatic hydroxyl groups is 2. The summed E-state index contributed by atoms with van der Waals surface area (Å²) in [6, 6.07) is 0. The van der Waals surface area contributed by atoms with Crippen molar-refractivity contribution in [2.45, 2.75) is 130 Å². The topological polar surface area (TPSA) is 89.4 Å². The minimum Gasteiger partial charge on any atom is -0.396 e. The Morgan fingerprint density at radius 2 is 0.968 bits per heavy atom. The fraction of sp³-hybridized carbons (Fsp3) is 1.00. The summed E-state index contributed by atoms with van der Waals surface area (Å²) in [7, 11) is 0. The number of ether oxygens (including phenoxy) is 4. The molecule has 0 aromatic heterocycles. The molecule has 0 rings (SSSR count). The molecule has 0 fully saturated rings. The number of aliphatic hydroxyl groups excluding tert-OH is 2. The zero-order chi connectivity index (χ0) is 23.2. The number of rotatable bonds is 24. The molecular formula is C24H51NO6. The minimum absolute atomic E-state index is 0.146. The van der Waals surface area contributed by atoms with Gasteiger partial charge in [-0.25, -0.2) is 0 Å². The normalized spacial score (nSPS) is 15.7. The van der Waals surface area contributed by atoms with E-state index in [1.54, 1.807) is 0 Å². The molecule has 0 aliphatic carbocycles. The summed E-state index contributed by atoms with van der Waals surface area (Å²) in [6.07, 6.45) is 9.76. The first-order valence-electron chi connectivity index (χ1n) is 12.7. The molecule has 4 unspecified atom stereocenters. The van der Waals surface area contributed by atoms with Gasteiger partial charge in [0.2, 0.25) is 0 Å². The number of unbranched alkanes of at least 4 members (excludes halogenated alkanes) is 2. The van der Waals surface area contributed by atoms with Crippen molar-refractivity contribution >= 4 is 0 Å². The van der Waals surface area contributed by atoms with Crippen molar-refractivity contribution in [3.05, 3.63) is 0 Å². The Kier molecular flexibility index (Phi) is 22.7. The summed E-state index contributed by atoms with van der Waals surface area (Å²) in [5.41, 5.74) is 0. The van der Waals surface area contributed by atoms with E-state index in [1.165, 1.54) is 0 Å². The minimum atomic E-state index is -0.254. The van der Waals surface area contributed by atoms with Crippen LogP contribution in [0, 0.1) is 0 Å². The molecule has 7 nitrogen and oxygen atoms in total. The summed E-state index contributed by atoms with van der Waals surface area (Å²) >= 11 is 0. The summed E-state index contributed by atoms with van der Waals surface area (Å²) in [4.78, 5) is 0. The molecule has 0 amide bonds. The zero-order valence-corrected chi connectivity index (χ0v) is 20.7. The highest BCUT2D eigenvalue weighted by molar-refractivity contribution is 4.64. The molecule has 0 saturated heterocycles. The Balaban J connectivity index is 4.85. The maximum atomic E-state index is 8.96. The van der Waals surface area contributed by atoms with Crippen LogP contribution in [0.15, 0.2) is 0 Å². The molecule has 0 radical (unpaired) electrons. The molecule has 0 saturated carbocycles. The van der Waals surface area contributed by atoms with Crippen LogP contribution in [0.4, 0.5) is 0 Å². The van der Waals surface area contributed by atoms with Gasteiger partial charge >= 0.3 is 0 Å². The molecule has 0 aliphatic heterocycles. The second kappa shape index (κ2) is 22.9. The molecule has 0 heterocycles. The van der Waals surface area contributed by atoms with Crippen molar-refractivity contribution in [3.63, 3.8) is 0 Å². The van der Waals surface area contributed by atoms with Crippen LogP contribution in [0.5, 0.6) is 0 Å². The van der Waals surface area contributed by atoms with Gasteiger partial charge in [0.25, 0.3) is 0 Å². The van der Waals surface area contributed by atoms with Crippen LogP contribution in [0.3, 0.4) is 0 Å². The fourth-order valence-corrected chi connectivity index (χ4v) is 3.19. The van der Waals surface area contributed by atoms with Crippen LogP contribution >= 0.6 is 0 Å². The van der Waals surface area contributed by atoms with Crippen LogP contribution in [-0.2, 0) is 18.9 Å². The number of hydrogen-bond donors (Lipinski definition) is 3. The molecule has 0 aliphatic rings.